The molecule has 0 aromatic rings. The Kier molecular flexibility index (Phi) is 5.55. The Morgan fingerprint density at radius 2 is 2.21 bits per heavy atom. The van der Waals surface area contributed by atoms with Gasteiger partial charge in [-0.05, 0) is 6.92 Å². The molecule has 2 atom stereocenters. The van der Waals surface area contributed by atoms with Crippen LogP contribution in [0.2, 0.25) is 0 Å². The van der Waals surface area contributed by atoms with Gasteiger partial charge in [0.1, 0.15) is 12.1 Å². The highest BCUT2D eigenvalue weighted by atomic mass is 16.5. The fourth-order valence-corrected chi connectivity index (χ4v) is 0.810. The van der Waals surface area contributed by atoms with Gasteiger partial charge in [0.05, 0.1) is 7.11 Å². The maximum Gasteiger partial charge on any atom is 0.328 e. The molecule has 80 valence electrons. The molecule has 0 aromatic carbocycles. The lowest BCUT2D eigenvalue weighted by molar-refractivity contribution is -0.145. The van der Waals surface area contributed by atoms with Crippen LogP contribution in [-0.2, 0) is 14.3 Å². The van der Waals surface area contributed by atoms with Crippen LogP contribution in [0, 0.1) is 0 Å². The SMILES string of the molecule is C=CC[C@@H](O)C(=O)NC(C)C(=O)OC. The van der Waals surface area contributed by atoms with Crippen LogP contribution >= 0.6 is 0 Å². The van der Waals surface area contributed by atoms with Crippen LogP contribution in [0.4, 0.5) is 0 Å². The number of methoxy groups -OCH3 is 1. The van der Waals surface area contributed by atoms with E-state index in [4.69, 9.17) is 0 Å². The minimum absolute atomic E-state index is 0.153. The molecule has 0 saturated carbocycles. The van der Waals surface area contributed by atoms with E-state index in [1.165, 1.54) is 20.1 Å². The van der Waals surface area contributed by atoms with Gasteiger partial charge in [-0.1, -0.05) is 6.08 Å². The summed E-state index contributed by atoms with van der Waals surface area (Å²) >= 11 is 0. The topological polar surface area (TPSA) is 75.6 Å². The molecule has 0 fully saturated rings. The Morgan fingerprint density at radius 1 is 1.64 bits per heavy atom. The van der Waals surface area contributed by atoms with Crippen molar-refractivity contribution in [2.75, 3.05) is 7.11 Å². The van der Waals surface area contributed by atoms with Crippen LogP contribution in [0.1, 0.15) is 13.3 Å². The molecule has 0 rings (SSSR count). The van der Waals surface area contributed by atoms with Crippen molar-refractivity contribution < 1.29 is 19.4 Å². The molecule has 0 bridgehead atoms. The number of rotatable bonds is 5. The number of aliphatic hydroxyl groups excluding tert-OH is 1. The van der Waals surface area contributed by atoms with Gasteiger partial charge in [0, 0.05) is 6.42 Å². The summed E-state index contributed by atoms with van der Waals surface area (Å²) in [5.41, 5.74) is 0. The van der Waals surface area contributed by atoms with Gasteiger partial charge >= 0.3 is 5.97 Å². The number of amides is 1. The summed E-state index contributed by atoms with van der Waals surface area (Å²) < 4.78 is 4.40. The fourth-order valence-electron chi connectivity index (χ4n) is 0.810. The Hall–Kier alpha value is -1.36. The number of carbonyl (C=O) groups is 2. The molecule has 0 saturated heterocycles. The molecule has 0 aliphatic carbocycles. The summed E-state index contributed by atoms with van der Waals surface area (Å²) in [7, 11) is 1.23. The van der Waals surface area contributed by atoms with Gasteiger partial charge < -0.3 is 15.2 Å². The summed E-state index contributed by atoms with van der Waals surface area (Å²) in [6.45, 7) is 4.86. The highest BCUT2D eigenvalue weighted by molar-refractivity contribution is 5.86. The molecule has 0 radical (unpaired) electrons. The van der Waals surface area contributed by atoms with Gasteiger partial charge in [-0.3, -0.25) is 4.79 Å². The number of carbonyl (C=O) groups excluding carboxylic acids is 2. The highest BCUT2D eigenvalue weighted by Crippen LogP contribution is 1.94. The molecule has 1 amide bonds. The third-order valence-corrected chi connectivity index (χ3v) is 1.61. The van der Waals surface area contributed by atoms with Crippen LogP contribution in [0.3, 0.4) is 0 Å². The summed E-state index contributed by atoms with van der Waals surface area (Å²) in [6, 6.07) is -0.757. The predicted molar refractivity (Wildman–Crippen MR) is 50.4 cm³/mol. The Balaban J connectivity index is 4.04. The van der Waals surface area contributed by atoms with E-state index in [1.54, 1.807) is 0 Å². The Bertz CT molecular complexity index is 227. The molecule has 5 heteroatoms. The monoisotopic (exact) mass is 201 g/mol. The standard InChI is InChI=1S/C9H15NO4/c1-4-5-7(11)8(12)10-6(2)9(13)14-3/h4,6-7,11H,1,5H2,2-3H3,(H,10,12)/t6?,7-/m1/s1. The van der Waals surface area contributed by atoms with Gasteiger partial charge in [-0.2, -0.15) is 0 Å². The van der Waals surface area contributed by atoms with Crippen LogP contribution in [0.5, 0.6) is 0 Å². The zero-order valence-electron chi connectivity index (χ0n) is 8.32. The lowest BCUT2D eigenvalue weighted by atomic mass is 10.2. The molecule has 0 heterocycles. The second-order valence-corrected chi connectivity index (χ2v) is 2.79. The van der Waals surface area contributed by atoms with E-state index >= 15 is 0 Å². The maximum absolute atomic E-state index is 11.1. The molecule has 0 aliphatic rings. The molecule has 0 aromatic heterocycles. The van der Waals surface area contributed by atoms with Gasteiger partial charge in [0.25, 0.3) is 0 Å². The van der Waals surface area contributed by atoms with Crippen molar-refractivity contribution in [1.29, 1.82) is 0 Å². The number of aliphatic hydroxyl groups is 1. The zero-order valence-corrected chi connectivity index (χ0v) is 8.32. The summed E-state index contributed by atoms with van der Waals surface area (Å²) in [4.78, 5) is 22.0. The zero-order chi connectivity index (χ0) is 11.1. The second kappa shape index (κ2) is 6.15. The van der Waals surface area contributed by atoms with Crippen molar-refractivity contribution in [2.24, 2.45) is 0 Å². The fraction of sp³-hybridized carbons (Fsp3) is 0.556. The van der Waals surface area contributed by atoms with Gasteiger partial charge in [-0.25, -0.2) is 4.79 Å². The predicted octanol–water partition coefficient (Wildman–Crippen LogP) is -0.399. The molecule has 1 unspecified atom stereocenters. The lowest BCUT2D eigenvalue weighted by Gasteiger charge is -2.13. The van der Waals surface area contributed by atoms with E-state index in [9.17, 15) is 14.7 Å². The van der Waals surface area contributed by atoms with E-state index in [0.29, 0.717) is 0 Å². The third-order valence-electron chi connectivity index (χ3n) is 1.61. The molecule has 14 heavy (non-hydrogen) atoms. The van der Waals surface area contributed by atoms with E-state index in [2.05, 4.69) is 16.6 Å². The van der Waals surface area contributed by atoms with E-state index in [1.807, 2.05) is 0 Å². The first-order valence-electron chi connectivity index (χ1n) is 4.20. The van der Waals surface area contributed by atoms with Crippen LogP contribution in [0.25, 0.3) is 0 Å². The van der Waals surface area contributed by atoms with Crippen molar-refractivity contribution >= 4 is 11.9 Å². The molecule has 0 aliphatic heterocycles. The molecule has 5 nitrogen and oxygen atoms in total. The van der Waals surface area contributed by atoms with Gasteiger partial charge in [-0.15, -0.1) is 6.58 Å². The molecular formula is C9H15NO4. The van der Waals surface area contributed by atoms with E-state index < -0.39 is 24.0 Å². The smallest absolute Gasteiger partial charge is 0.328 e. The van der Waals surface area contributed by atoms with Crippen molar-refractivity contribution in [3.63, 3.8) is 0 Å². The summed E-state index contributed by atoms with van der Waals surface area (Å²) in [5.74, 6) is -1.16. The quantitative estimate of drug-likeness (QED) is 0.469. The Morgan fingerprint density at radius 3 is 2.64 bits per heavy atom. The van der Waals surface area contributed by atoms with E-state index in [-0.39, 0.29) is 6.42 Å². The number of ether oxygens (including phenoxy) is 1. The molecular weight excluding hydrogens is 186 g/mol. The minimum Gasteiger partial charge on any atom is -0.467 e. The normalized spacial score (nSPS) is 13.9. The third kappa shape index (κ3) is 4.04. The maximum atomic E-state index is 11.1. The molecule has 0 spiro atoms. The first-order valence-corrected chi connectivity index (χ1v) is 4.20. The second-order valence-electron chi connectivity index (χ2n) is 2.79. The number of esters is 1. The number of hydrogen-bond donors (Lipinski definition) is 2. The average Bonchev–Trinajstić information content (AvgIpc) is 2.16. The first kappa shape index (κ1) is 12.6. The van der Waals surface area contributed by atoms with Gasteiger partial charge in [0.2, 0.25) is 5.91 Å². The number of hydrogen-bond acceptors (Lipinski definition) is 4. The van der Waals surface area contributed by atoms with Crippen LogP contribution in [0.15, 0.2) is 12.7 Å². The highest BCUT2D eigenvalue weighted by Gasteiger charge is 2.19. The summed E-state index contributed by atoms with van der Waals surface area (Å²) in [6.07, 6.45) is 0.409. The van der Waals surface area contributed by atoms with Crippen molar-refractivity contribution in [1.82, 2.24) is 5.32 Å². The van der Waals surface area contributed by atoms with Crippen molar-refractivity contribution in [3.8, 4) is 0 Å². The molecule has 2 N–H and O–H groups in total. The van der Waals surface area contributed by atoms with Crippen LogP contribution < -0.4 is 5.32 Å². The minimum atomic E-state index is -1.17. The van der Waals surface area contributed by atoms with E-state index in [0.717, 1.165) is 0 Å². The number of nitrogens with one attached hydrogen (secondary N) is 1. The van der Waals surface area contributed by atoms with Crippen molar-refractivity contribution in [2.45, 2.75) is 25.5 Å². The largest absolute Gasteiger partial charge is 0.467 e. The average molecular weight is 201 g/mol. The summed E-state index contributed by atoms with van der Waals surface area (Å²) in [5, 5.41) is 11.5. The lowest BCUT2D eigenvalue weighted by Crippen LogP contribution is -2.44. The van der Waals surface area contributed by atoms with Crippen LogP contribution in [-0.4, -0.2) is 36.2 Å². The van der Waals surface area contributed by atoms with Gasteiger partial charge in [0.15, 0.2) is 0 Å². The Labute approximate surface area is 82.7 Å². The van der Waals surface area contributed by atoms with Crippen molar-refractivity contribution in [3.05, 3.63) is 12.7 Å². The first-order chi connectivity index (χ1) is 6.52.